The third kappa shape index (κ3) is 5.36. The van der Waals surface area contributed by atoms with Gasteiger partial charge in [0.15, 0.2) is 11.5 Å². The van der Waals surface area contributed by atoms with Crippen LogP contribution in [0.2, 0.25) is 0 Å². The zero-order valence-corrected chi connectivity index (χ0v) is 25.5. The molecule has 8 nitrogen and oxygen atoms in total. The third-order valence-electron chi connectivity index (χ3n) is 8.67. The fourth-order valence-electron chi connectivity index (χ4n) is 6.53. The Hall–Kier alpha value is -5.50. The predicted octanol–water partition coefficient (Wildman–Crippen LogP) is 6.40. The number of esters is 1. The highest BCUT2D eigenvalue weighted by atomic mass is 16.6. The molecule has 0 fully saturated rings. The summed E-state index contributed by atoms with van der Waals surface area (Å²) in [5.74, 6) is 0.0722. The average Bonchev–Trinajstić information content (AvgIpc) is 3.45. The molecule has 1 unspecified atom stereocenters. The molecule has 8 heteroatoms. The normalized spacial score (nSPS) is 13.2. The largest absolute Gasteiger partial charge is 0.507 e. The molecule has 7 rings (SSSR count). The molecule has 232 valence electrons. The van der Waals surface area contributed by atoms with Gasteiger partial charge in [-0.05, 0) is 48.2 Å². The SMILES string of the molecule is Cn1c(=O)c(C(c2cccc3c2OCCO3)c2[nH]c3ccccc3c2CCCOC(=O)Cc2ccccc2)c(O)c2ccccc21. The number of H-pyrrole nitrogens is 1. The Morgan fingerprint density at radius 2 is 1.65 bits per heavy atom. The van der Waals surface area contributed by atoms with E-state index in [9.17, 15) is 14.7 Å². The third-order valence-corrected chi connectivity index (χ3v) is 8.67. The van der Waals surface area contributed by atoms with Crippen molar-refractivity contribution in [1.29, 1.82) is 0 Å². The molecule has 0 aliphatic carbocycles. The Balaban J connectivity index is 1.33. The van der Waals surface area contributed by atoms with Crippen molar-refractivity contribution in [2.45, 2.75) is 25.2 Å². The molecule has 1 aliphatic rings. The fourth-order valence-corrected chi connectivity index (χ4v) is 6.53. The highest BCUT2D eigenvalue weighted by molar-refractivity contribution is 5.89. The van der Waals surface area contributed by atoms with Crippen molar-refractivity contribution in [3.63, 3.8) is 0 Å². The molecule has 0 amide bonds. The molecule has 0 saturated carbocycles. The number of nitrogens with zero attached hydrogens (tertiary/aromatic N) is 1. The van der Waals surface area contributed by atoms with Gasteiger partial charge in [-0.2, -0.15) is 0 Å². The van der Waals surface area contributed by atoms with Gasteiger partial charge in [0.2, 0.25) is 0 Å². The number of para-hydroxylation sites is 3. The van der Waals surface area contributed by atoms with E-state index in [4.69, 9.17) is 14.2 Å². The van der Waals surface area contributed by atoms with Crippen molar-refractivity contribution < 1.29 is 24.1 Å². The first-order valence-corrected chi connectivity index (χ1v) is 15.5. The highest BCUT2D eigenvalue weighted by Gasteiger charge is 2.33. The maximum Gasteiger partial charge on any atom is 0.310 e. The van der Waals surface area contributed by atoms with Crippen LogP contribution in [0.15, 0.2) is 102 Å². The van der Waals surface area contributed by atoms with Gasteiger partial charge in [-0.1, -0.05) is 72.8 Å². The topological polar surface area (TPSA) is 103 Å². The minimum atomic E-state index is -0.719. The quantitative estimate of drug-likeness (QED) is 0.144. The Morgan fingerprint density at radius 1 is 0.913 bits per heavy atom. The molecule has 1 aliphatic heterocycles. The van der Waals surface area contributed by atoms with E-state index in [-0.39, 0.29) is 35.9 Å². The number of rotatable bonds is 9. The molecule has 2 N–H and O–H groups in total. The summed E-state index contributed by atoms with van der Waals surface area (Å²) in [5.41, 5.74) is 4.82. The van der Waals surface area contributed by atoms with Crippen LogP contribution in [0.1, 0.15) is 40.3 Å². The zero-order chi connectivity index (χ0) is 31.6. The number of aromatic hydroxyl groups is 1. The Morgan fingerprint density at radius 3 is 2.50 bits per heavy atom. The standard InChI is InChI=1S/C38H34N2O6/c1-40-30-18-8-6-14-27(30)36(42)34(38(40)43)33(28-15-9-19-31-37(28)46-22-21-44-31)35-26(25-13-5-7-17-29(25)39-35)16-10-20-45-32(41)23-24-11-3-2-4-12-24/h2-9,11-15,17-19,33,39,42H,10,16,20-23H2,1H3. The van der Waals surface area contributed by atoms with Crippen LogP contribution in [0.5, 0.6) is 17.2 Å². The lowest BCUT2D eigenvalue weighted by atomic mass is 9.84. The Labute approximate surface area is 265 Å². The van der Waals surface area contributed by atoms with E-state index in [1.807, 2.05) is 97.1 Å². The van der Waals surface area contributed by atoms with Crippen LogP contribution in [0.3, 0.4) is 0 Å². The number of nitrogens with one attached hydrogen (secondary N) is 1. The molecule has 0 bridgehead atoms. The van der Waals surface area contributed by atoms with Crippen molar-refractivity contribution in [2.75, 3.05) is 19.8 Å². The van der Waals surface area contributed by atoms with E-state index >= 15 is 0 Å². The number of aromatic nitrogens is 2. The van der Waals surface area contributed by atoms with Crippen LogP contribution < -0.4 is 15.0 Å². The summed E-state index contributed by atoms with van der Waals surface area (Å²) >= 11 is 0. The molecular weight excluding hydrogens is 580 g/mol. The van der Waals surface area contributed by atoms with E-state index in [0.717, 1.165) is 27.7 Å². The maximum absolute atomic E-state index is 14.2. The van der Waals surface area contributed by atoms with Crippen LogP contribution in [-0.2, 0) is 29.4 Å². The van der Waals surface area contributed by atoms with Gasteiger partial charge in [0, 0.05) is 34.6 Å². The Bertz CT molecular complexity index is 2110. The number of carbonyl (C=O) groups is 1. The van der Waals surface area contributed by atoms with E-state index in [1.165, 1.54) is 0 Å². The van der Waals surface area contributed by atoms with Gasteiger partial charge in [0.25, 0.3) is 5.56 Å². The van der Waals surface area contributed by atoms with E-state index in [0.29, 0.717) is 54.0 Å². The number of benzene rings is 4. The van der Waals surface area contributed by atoms with Gasteiger partial charge in [0.1, 0.15) is 19.0 Å². The highest BCUT2D eigenvalue weighted by Crippen LogP contribution is 2.47. The molecule has 46 heavy (non-hydrogen) atoms. The van der Waals surface area contributed by atoms with Gasteiger partial charge in [-0.25, -0.2) is 0 Å². The van der Waals surface area contributed by atoms with Crippen molar-refractivity contribution in [2.24, 2.45) is 7.05 Å². The number of hydrogen-bond donors (Lipinski definition) is 2. The van der Waals surface area contributed by atoms with Crippen molar-refractivity contribution in [3.8, 4) is 17.2 Å². The molecule has 3 heterocycles. The maximum atomic E-state index is 14.2. The van der Waals surface area contributed by atoms with Crippen LogP contribution in [0.4, 0.5) is 0 Å². The first-order valence-electron chi connectivity index (χ1n) is 15.5. The number of fused-ring (bicyclic) bond motifs is 3. The molecule has 6 aromatic rings. The monoisotopic (exact) mass is 614 g/mol. The van der Waals surface area contributed by atoms with Crippen LogP contribution >= 0.6 is 0 Å². The zero-order valence-electron chi connectivity index (χ0n) is 25.5. The minimum absolute atomic E-state index is 0.0718. The number of aromatic amines is 1. The minimum Gasteiger partial charge on any atom is -0.507 e. The summed E-state index contributed by atoms with van der Waals surface area (Å²) < 4.78 is 19.3. The van der Waals surface area contributed by atoms with E-state index in [2.05, 4.69) is 4.98 Å². The van der Waals surface area contributed by atoms with Gasteiger partial charge in [-0.3, -0.25) is 9.59 Å². The summed E-state index contributed by atoms with van der Waals surface area (Å²) in [7, 11) is 1.72. The first-order chi connectivity index (χ1) is 22.5. The van der Waals surface area contributed by atoms with Crippen LogP contribution in [-0.4, -0.2) is 40.4 Å². The molecule has 1 atom stereocenters. The predicted molar refractivity (Wildman–Crippen MR) is 177 cm³/mol. The molecule has 0 saturated heterocycles. The average molecular weight is 615 g/mol. The molecule has 2 aromatic heterocycles. The van der Waals surface area contributed by atoms with Gasteiger partial charge in [-0.15, -0.1) is 0 Å². The Kier molecular flexibility index (Phi) is 7.93. The second-order valence-electron chi connectivity index (χ2n) is 11.5. The second kappa shape index (κ2) is 12.5. The molecular formula is C38H34N2O6. The summed E-state index contributed by atoms with van der Waals surface area (Å²) in [6, 6.07) is 30.5. The van der Waals surface area contributed by atoms with Crippen LogP contribution in [0, 0.1) is 0 Å². The smallest absolute Gasteiger partial charge is 0.310 e. The van der Waals surface area contributed by atoms with Gasteiger partial charge in [0.05, 0.1) is 30.0 Å². The van der Waals surface area contributed by atoms with Crippen molar-refractivity contribution in [1.82, 2.24) is 9.55 Å². The lowest BCUT2D eigenvalue weighted by Gasteiger charge is -2.27. The van der Waals surface area contributed by atoms with E-state index in [1.54, 1.807) is 11.6 Å². The summed E-state index contributed by atoms with van der Waals surface area (Å²) in [6.45, 7) is 1.03. The van der Waals surface area contributed by atoms with Gasteiger partial charge < -0.3 is 28.9 Å². The van der Waals surface area contributed by atoms with Crippen molar-refractivity contribution in [3.05, 3.63) is 135 Å². The number of ether oxygens (including phenoxy) is 3. The number of pyridine rings is 1. The fraction of sp³-hybridized carbons (Fsp3) is 0.211. The summed E-state index contributed by atoms with van der Waals surface area (Å²) in [5, 5.41) is 13.4. The summed E-state index contributed by atoms with van der Waals surface area (Å²) in [4.78, 5) is 30.4. The van der Waals surface area contributed by atoms with Crippen LogP contribution in [0.25, 0.3) is 21.8 Å². The molecule has 0 spiro atoms. The lowest BCUT2D eigenvalue weighted by molar-refractivity contribution is -0.142. The molecule has 4 aromatic carbocycles. The van der Waals surface area contributed by atoms with Gasteiger partial charge >= 0.3 is 5.97 Å². The summed E-state index contributed by atoms with van der Waals surface area (Å²) in [6.07, 6.45) is 1.35. The second-order valence-corrected chi connectivity index (χ2v) is 11.5. The lowest BCUT2D eigenvalue weighted by Crippen LogP contribution is -2.26. The molecule has 0 radical (unpaired) electrons. The van der Waals surface area contributed by atoms with E-state index < -0.39 is 5.92 Å². The number of aryl methyl sites for hydroxylation is 2. The number of carbonyl (C=O) groups excluding carboxylic acids is 1. The number of hydrogen-bond acceptors (Lipinski definition) is 6. The first kappa shape index (κ1) is 29.2. The van der Waals surface area contributed by atoms with Crippen molar-refractivity contribution >= 4 is 27.8 Å².